The van der Waals surface area contributed by atoms with Crippen molar-refractivity contribution in [3.8, 4) is 0 Å². The molecule has 0 spiro atoms. The average Bonchev–Trinajstić information content (AvgIpc) is 2.83. The Hall–Kier alpha value is -3.23. The topological polar surface area (TPSA) is 108 Å². The number of nitrogens with one attached hydrogen (secondary N) is 2. The summed E-state index contributed by atoms with van der Waals surface area (Å²) in [5.74, 6) is -1.01. The molecule has 178 valence electrons. The predicted octanol–water partition coefficient (Wildman–Crippen LogP) is 3.29. The van der Waals surface area contributed by atoms with Gasteiger partial charge in [-0.2, -0.15) is 0 Å². The smallest absolute Gasteiger partial charge is 0.349 e. The Labute approximate surface area is 194 Å². The van der Waals surface area contributed by atoms with Crippen molar-refractivity contribution < 1.29 is 24.3 Å². The second-order valence-corrected chi connectivity index (χ2v) is 8.21. The van der Waals surface area contributed by atoms with Crippen LogP contribution in [0.25, 0.3) is 0 Å². The van der Waals surface area contributed by atoms with Crippen LogP contribution in [0.15, 0.2) is 60.7 Å². The molecule has 0 aliphatic carbocycles. The SMILES string of the molecule is CNC(=O)[C@H](Cc1ccccc1)NC(=O)N(O)C(=O)[C@H](CCC(C)C)OCc1ccccc1. The highest BCUT2D eigenvalue weighted by Gasteiger charge is 2.31. The first kappa shape index (κ1) is 26.0. The number of hydrogen-bond acceptors (Lipinski definition) is 5. The first-order chi connectivity index (χ1) is 15.8. The number of rotatable bonds is 11. The van der Waals surface area contributed by atoms with Crippen LogP contribution in [0.4, 0.5) is 4.79 Å². The summed E-state index contributed by atoms with van der Waals surface area (Å²) < 4.78 is 5.77. The van der Waals surface area contributed by atoms with Gasteiger partial charge in [0.05, 0.1) is 6.61 Å². The van der Waals surface area contributed by atoms with E-state index in [0.717, 1.165) is 11.1 Å². The molecule has 0 aliphatic rings. The van der Waals surface area contributed by atoms with Gasteiger partial charge in [-0.05, 0) is 29.9 Å². The van der Waals surface area contributed by atoms with Crippen LogP contribution in [0, 0.1) is 5.92 Å². The van der Waals surface area contributed by atoms with Crippen LogP contribution in [0.1, 0.15) is 37.8 Å². The Kier molecular flexibility index (Phi) is 10.5. The Morgan fingerprint density at radius 3 is 2.06 bits per heavy atom. The Morgan fingerprint density at radius 2 is 1.52 bits per heavy atom. The monoisotopic (exact) mass is 455 g/mol. The molecular weight excluding hydrogens is 422 g/mol. The minimum Gasteiger partial charge on any atom is -0.364 e. The third-order valence-electron chi connectivity index (χ3n) is 5.12. The fraction of sp³-hybridized carbons (Fsp3) is 0.400. The number of urea groups is 1. The van der Waals surface area contributed by atoms with E-state index in [-0.39, 0.29) is 18.1 Å². The van der Waals surface area contributed by atoms with Crippen LogP contribution in [-0.2, 0) is 27.4 Å². The number of ether oxygens (including phenoxy) is 1. The highest BCUT2D eigenvalue weighted by Crippen LogP contribution is 2.14. The van der Waals surface area contributed by atoms with Gasteiger partial charge in [0, 0.05) is 13.5 Å². The quantitative estimate of drug-likeness (QED) is 0.356. The lowest BCUT2D eigenvalue weighted by Gasteiger charge is -2.24. The molecule has 0 aliphatic heterocycles. The summed E-state index contributed by atoms with van der Waals surface area (Å²) >= 11 is 0. The first-order valence-corrected chi connectivity index (χ1v) is 11.1. The molecule has 0 saturated carbocycles. The first-order valence-electron chi connectivity index (χ1n) is 11.1. The van der Waals surface area contributed by atoms with Gasteiger partial charge >= 0.3 is 6.03 Å². The second kappa shape index (κ2) is 13.3. The van der Waals surface area contributed by atoms with E-state index in [2.05, 4.69) is 10.6 Å². The molecule has 0 aromatic heterocycles. The summed E-state index contributed by atoms with van der Waals surface area (Å²) in [6.07, 6.45) is 0.220. The van der Waals surface area contributed by atoms with Gasteiger partial charge in [-0.3, -0.25) is 14.8 Å². The lowest BCUT2D eigenvalue weighted by Crippen LogP contribution is -2.53. The second-order valence-electron chi connectivity index (χ2n) is 8.21. The van der Waals surface area contributed by atoms with Gasteiger partial charge in [-0.1, -0.05) is 74.5 Å². The van der Waals surface area contributed by atoms with E-state index in [4.69, 9.17) is 4.74 Å². The molecule has 3 N–H and O–H groups in total. The maximum Gasteiger partial charge on any atom is 0.349 e. The van der Waals surface area contributed by atoms with Gasteiger partial charge in [0.15, 0.2) is 0 Å². The molecule has 2 aromatic carbocycles. The van der Waals surface area contributed by atoms with E-state index in [1.54, 1.807) is 0 Å². The minimum absolute atomic E-state index is 0.0108. The lowest BCUT2D eigenvalue weighted by atomic mass is 10.0. The van der Waals surface area contributed by atoms with Crippen molar-refractivity contribution in [2.75, 3.05) is 7.05 Å². The molecule has 0 saturated heterocycles. The molecule has 8 heteroatoms. The summed E-state index contributed by atoms with van der Waals surface area (Å²) in [5, 5.41) is 15.3. The minimum atomic E-state index is -1.08. The number of hydrogen-bond donors (Lipinski definition) is 3. The number of carbonyl (C=O) groups excluding carboxylic acids is 3. The summed E-state index contributed by atoms with van der Waals surface area (Å²) in [6.45, 7) is 4.19. The van der Waals surface area contributed by atoms with Crippen molar-refractivity contribution in [3.63, 3.8) is 0 Å². The van der Waals surface area contributed by atoms with Crippen LogP contribution < -0.4 is 10.6 Å². The third kappa shape index (κ3) is 8.67. The largest absolute Gasteiger partial charge is 0.364 e. The molecule has 0 heterocycles. The Bertz CT molecular complexity index is 889. The molecule has 2 rings (SSSR count). The summed E-state index contributed by atoms with van der Waals surface area (Å²) in [7, 11) is 1.45. The van der Waals surface area contributed by atoms with E-state index in [0.29, 0.717) is 18.8 Å². The maximum absolute atomic E-state index is 12.9. The number of nitrogens with zero attached hydrogens (tertiary/aromatic N) is 1. The van der Waals surface area contributed by atoms with E-state index in [9.17, 15) is 19.6 Å². The van der Waals surface area contributed by atoms with E-state index < -0.39 is 30.0 Å². The van der Waals surface area contributed by atoms with Crippen molar-refractivity contribution >= 4 is 17.8 Å². The third-order valence-corrected chi connectivity index (χ3v) is 5.12. The number of carbonyl (C=O) groups is 3. The number of likely N-dealkylation sites (N-methyl/N-ethyl adjacent to an activating group) is 1. The standard InChI is InChI=1S/C25H33N3O5/c1-18(2)14-15-22(33-17-20-12-8-5-9-13-20)24(30)28(32)25(31)27-21(23(29)26-3)16-19-10-6-4-7-11-19/h4-13,18,21-22,32H,14-17H2,1-3H3,(H,26,29)(H,27,31)/t21-,22-/m0/s1. The normalized spacial score (nSPS) is 12.6. The molecule has 4 amide bonds. The van der Waals surface area contributed by atoms with Gasteiger partial charge in [-0.25, -0.2) is 4.79 Å². The van der Waals surface area contributed by atoms with Crippen molar-refractivity contribution in [2.24, 2.45) is 5.92 Å². The lowest BCUT2D eigenvalue weighted by molar-refractivity contribution is -0.167. The molecule has 2 aromatic rings. The molecule has 2 atom stereocenters. The van der Waals surface area contributed by atoms with Gasteiger partial charge in [-0.15, -0.1) is 5.06 Å². The number of imide groups is 1. The fourth-order valence-corrected chi connectivity index (χ4v) is 3.21. The molecule has 8 nitrogen and oxygen atoms in total. The maximum atomic E-state index is 12.9. The van der Waals surface area contributed by atoms with E-state index in [1.807, 2.05) is 74.5 Å². The van der Waals surface area contributed by atoms with E-state index >= 15 is 0 Å². The van der Waals surface area contributed by atoms with Crippen molar-refractivity contribution in [2.45, 2.75) is 51.9 Å². The van der Waals surface area contributed by atoms with Crippen molar-refractivity contribution in [3.05, 3.63) is 71.8 Å². The summed E-state index contributed by atoms with van der Waals surface area (Å²) in [6, 6.07) is 16.4. The number of benzene rings is 2. The molecular formula is C25H33N3O5. The zero-order valence-corrected chi connectivity index (χ0v) is 19.4. The van der Waals surface area contributed by atoms with Crippen LogP contribution in [0.2, 0.25) is 0 Å². The zero-order valence-electron chi connectivity index (χ0n) is 19.4. The molecule has 0 bridgehead atoms. The van der Waals surface area contributed by atoms with Crippen LogP contribution in [-0.4, -0.2) is 47.3 Å². The number of amides is 4. The highest BCUT2D eigenvalue weighted by atomic mass is 16.5. The zero-order chi connectivity index (χ0) is 24.2. The molecule has 0 fully saturated rings. The van der Waals surface area contributed by atoms with Gasteiger partial charge in [0.25, 0.3) is 5.91 Å². The van der Waals surface area contributed by atoms with Crippen molar-refractivity contribution in [1.29, 1.82) is 0 Å². The summed E-state index contributed by atoms with van der Waals surface area (Å²) in [5.41, 5.74) is 1.69. The van der Waals surface area contributed by atoms with Crippen LogP contribution in [0.5, 0.6) is 0 Å². The number of hydroxylamine groups is 2. The van der Waals surface area contributed by atoms with Gasteiger partial charge in [0.1, 0.15) is 12.1 Å². The molecule has 0 unspecified atom stereocenters. The molecule has 0 radical (unpaired) electrons. The Balaban J connectivity index is 2.06. The highest BCUT2D eigenvalue weighted by molar-refractivity contribution is 5.97. The van der Waals surface area contributed by atoms with Gasteiger partial charge in [0.2, 0.25) is 5.91 Å². The average molecular weight is 456 g/mol. The van der Waals surface area contributed by atoms with Gasteiger partial charge < -0.3 is 15.4 Å². The molecule has 33 heavy (non-hydrogen) atoms. The fourth-order valence-electron chi connectivity index (χ4n) is 3.21. The predicted molar refractivity (Wildman–Crippen MR) is 124 cm³/mol. The van der Waals surface area contributed by atoms with Crippen molar-refractivity contribution in [1.82, 2.24) is 15.7 Å². The summed E-state index contributed by atoms with van der Waals surface area (Å²) in [4.78, 5) is 37.8. The Morgan fingerprint density at radius 1 is 0.939 bits per heavy atom. The van der Waals surface area contributed by atoms with E-state index in [1.165, 1.54) is 7.05 Å². The van der Waals surface area contributed by atoms with Crippen LogP contribution in [0.3, 0.4) is 0 Å². The van der Waals surface area contributed by atoms with Crippen LogP contribution >= 0.6 is 0 Å².